The summed E-state index contributed by atoms with van der Waals surface area (Å²) in [5.74, 6) is 0. The zero-order chi connectivity index (χ0) is 63.8. The first-order valence-corrected chi connectivity index (χ1v) is 33.0. The largest absolute Gasteiger partial charge is 0.310 e. The molecule has 0 saturated heterocycles. The summed E-state index contributed by atoms with van der Waals surface area (Å²) in [5.41, 5.74) is 32.8. The number of hydrogen-bond acceptors (Lipinski definition) is 2. The highest BCUT2D eigenvalue weighted by Gasteiger charge is 2.46. The van der Waals surface area contributed by atoms with Crippen LogP contribution in [0, 0.1) is 0 Å². The van der Waals surface area contributed by atoms with Gasteiger partial charge in [-0.15, -0.1) is 0 Å². The van der Waals surface area contributed by atoms with E-state index in [0.717, 1.165) is 78.4 Å². The maximum atomic E-state index is 2.70. The van der Waals surface area contributed by atoms with Crippen molar-refractivity contribution in [1.29, 1.82) is 0 Å². The molecule has 0 fully saturated rings. The molecule has 0 radical (unpaired) electrons. The SMILES string of the molecule is CC(C)(C)c1cccc(-c2ccc3c(c2)B2c4cc(-c5cccc(C(C)(C)C)c5)ccc4N(c4c(-c5ccccc5)cc(-c5ccccc5)cc4-c4ccccc4)c4cc(C(C)(C)C)cc(c42)N3c2c(-c3ccccc3)cc(-c3ccccc3)cc2-c2ccccc2)c1. The number of rotatable bonds is 10. The fourth-order valence-electron chi connectivity index (χ4n) is 14.3. The molecule has 0 amide bonds. The Hall–Kier alpha value is -10.5. The first-order valence-electron chi connectivity index (χ1n) is 33.0. The molecule has 0 aromatic heterocycles. The van der Waals surface area contributed by atoms with Crippen LogP contribution in [0.1, 0.15) is 79.0 Å². The van der Waals surface area contributed by atoms with E-state index in [-0.39, 0.29) is 23.0 Å². The van der Waals surface area contributed by atoms with E-state index >= 15 is 0 Å². The van der Waals surface area contributed by atoms with Gasteiger partial charge in [0.2, 0.25) is 0 Å². The molecule has 0 unspecified atom stereocenters. The Morgan fingerprint density at radius 2 is 0.495 bits per heavy atom. The maximum Gasteiger partial charge on any atom is 0.252 e. The summed E-state index contributed by atoms with van der Waals surface area (Å²) in [4.78, 5) is 5.40. The lowest BCUT2D eigenvalue weighted by Crippen LogP contribution is -2.61. The van der Waals surface area contributed by atoms with Crippen molar-refractivity contribution in [2.24, 2.45) is 0 Å². The van der Waals surface area contributed by atoms with Gasteiger partial charge in [-0.3, -0.25) is 0 Å². The molecule has 0 bridgehead atoms. The summed E-state index contributed by atoms with van der Waals surface area (Å²) in [7, 11) is 0. The van der Waals surface area contributed by atoms with Crippen molar-refractivity contribution in [3.8, 4) is 89.0 Å². The van der Waals surface area contributed by atoms with Gasteiger partial charge in [0, 0.05) is 45.0 Å². The second-order valence-electron chi connectivity index (χ2n) is 28.5. The van der Waals surface area contributed by atoms with Crippen molar-refractivity contribution < 1.29 is 0 Å². The molecule has 13 aromatic carbocycles. The summed E-state index contributed by atoms with van der Waals surface area (Å²) in [6.07, 6.45) is 0. The Labute approximate surface area is 551 Å². The van der Waals surface area contributed by atoms with Crippen LogP contribution in [-0.2, 0) is 16.2 Å². The van der Waals surface area contributed by atoms with Gasteiger partial charge < -0.3 is 9.80 Å². The van der Waals surface area contributed by atoms with E-state index in [1.807, 2.05) is 0 Å². The predicted octanol–water partition coefficient (Wildman–Crippen LogP) is 23.0. The van der Waals surface area contributed by atoms with Gasteiger partial charge in [-0.2, -0.15) is 0 Å². The van der Waals surface area contributed by atoms with Crippen LogP contribution in [0.5, 0.6) is 0 Å². The van der Waals surface area contributed by atoms with Crippen LogP contribution in [0.3, 0.4) is 0 Å². The van der Waals surface area contributed by atoms with Crippen molar-refractivity contribution >= 4 is 57.2 Å². The second kappa shape index (κ2) is 23.3. The van der Waals surface area contributed by atoms with E-state index in [2.05, 4.69) is 375 Å². The predicted molar refractivity (Wildman–Crippen MR) is 400 cm³/mol. The Balaban J connectivity index is 1.14. The van der Waals surface area contributed by atoms with Crippen LogP contribution in [0.4, 0.5) is 34.1 Å². The third kappa shape index (κ3) is 10.9. The van der Waals surface area contributed by atoms with Crippen molar-refractivity contribution in [2.75, 3.05) is 9.80 Å². The summed E-state index contributed by atoms with van der Waals surface area (Å²) >= 11 is 0. The van der Waals surface area contributed by atoms with Crippen molar-refractivity contribution in [2.45, 2.75) is 78.6 Å². The first kappa shape index (κ1) is 58.9. The lowest BCUT2D eigenvalue weighted by Gasteiger charge is -2.46. The normalized spacial score (nSPS) is 12.7. The number of fused-ring (bicyclic) bond motifs is 4. The molecule has 0 atom stereocenters. The number of benzene rings is 13. The maximum absolute atomic E-state index is 2.70. The Bertz CT molecular complexity index is 4510. The van der Waals surface area contributed by atoms with E-state index in [0.29, 0.717) is 0 Å². The lowest BCUT2D eigenvalue weighted by atomic mass is 9.33. The molecule has 0 N–H and O–H groups in total. The number of hydrogen-bond donors (Lipinski definition) is 0. The molecule has 2 nitrogen and oxygen atoms in total. The van der Waals surface area contributed by atoms with E-state index in [1.165, 1.54) is 77.8 Å². The quantitative estimate of drug-likeness (QED) is 0.126. The molecule has 3 heteroatoms. The minimum atomic E-state index is -0.286. The number of anilines is 6. The van der Waals surface area contributed by atoms with Crippen molar-refractivity contribution in [1.82, 2.24) is 0 Å². The molecule has 15 rings (SSSR count). The van der Waals surface area contributed by atoms with Gasteiger partial charge in [-0.05, 0) is 165 Å². The van der Waals surface area contributed by atoms with Gasteiger partial charge in [0.05, 0.1) is 11.4 Å². The van der Waals surface area contributed by atoms with E-state index in [9.17, 15) is 0 Å². The molecule has 93 heavy (non-hydrogen) atoms. The topological polar surface area (TPSA) is 6.48 Å². The average Bonchev–Trinajstić information content (AvgIpc) is 0.688. The molecule has 0 aliphatic carbocycles. The van der Waals surface area contributed by atoms with Crippen LogP contribution >= 0.6 is 0 Å². The van der Waals surface area contributed by atoms with Crippen LogP contribution < -0.4 is 26.2 Å². The summed E-state index contributed by atoms with van der Waals surface area (Å²) in [6, 6.07) is 115. The Kier molecular flexibility index (Phi) is 14.8. The summed E-state index contributed by atoms with van der Waals surface area (Å²) in [6.45, 7) is 20.9. The van der Waals surface area contributed by atoms with Gasteiger partial charge in [-0.25, -0.2) is 0 Å². The minimum absolute atomic E-state index is 0.0455. The van der Waals surface area contributed by atoms with Gasteiger partial charge in [0.1, 0.15) is 0 Å². The van der Waals surface area contributed by atoms with E-state index in [1.54, 1.807) is 0 Å². The Morgan fingerprint density at radius 3 is 0.796 bits per heavy atom. The smallest absolute Gasteiger partial charge is 0.252 e. The van der Waals surface area contributed by atoms with Gasteiger partial charge in [0.15, 0.2) is 0 Å². The molecule has 2 aliphatic heterocycles. The summed E-state index contributed by atoms with van der Waals surface area (Å²) in [5, 5.41) is 0. The molecule has 0 saturated carbocycles. The fourth-order valence-corrected chi connectivity index (χ4v) is 14.3. The molecule has 2 aliphatic rings. The van der Waals surface area contributed by atoms with Crippen molar-refractivity contribution in [3.63, 3.8) is 0 Å². The highest BCUT2D eigenvalue weighted by Crippen LogP contribution is 2.55. The van der Waals surface area contributed by atoms with Gasteiger partial charge >= 0.3 is 0 Å². The average molecular weight is 1200 g/mol. The highest BCUT2D eigenvalue weighted by atomic mass is 15.2. The molecular formula is C90H77BN2. The zero-order valence-electron chi connectivity index (χ0n) is 54.8. The third-order valence-corrected chi connectivity index (χ3v) is 19.3. The third-order valence-electron chi connectivity index (χ3n) is 19.3. The number of nitrogens with zero attached hydrogens (tertiary/aromatic N) is 2. The minimum Gasteiger partial charge on any atom is -0.310 e. The zero-order valence-corrected chi connectivity index (χ0v) is 54.8. The van der Waals surface area contributed by atoms with Crippen LogP contribution in [0.2, 0.25) is 0 Å². The first-order chi connectivity index (χ1) is 45.0. The second-order valence-corrected chi connectivity index (χ2v) is 28.5. The molecule has 13 aromatic rings. The molecule has 0 spiro atoms. The van der Waals surface area contributed by atoms with E-state index in [4.69, 9.17) is 0 Å². The van der Waals surface area contributed by atoms with Crippen LogP contribution in [0.25, 0.3) is 89.0 Å². The van der Waals surface area contributed by atoms with Crippen LogP contribution in [-0.4, -0.2) is 6.71 Å². The monoisotopic (exact) mass is 1200 g/mol. The molecule has 2 heterocycles. The lowest BCUT2D eigenvalue weighted by molar-refractivity contribution is 0.590. The van der Waals surface area contributed by atoms with Crippen molar-refractivity contribution in [3.05, 3.63) is 320 Å². The van der Waals surface area contributed by atoms with Crippen LogP contribution in [0.15, 0.2) is 303 Å². The molecule has 450 valence electrons. The summed E-state index contributed by atoms with van der Waals surface area (Å²) < 4.78 is 0. The highest BCUT2D eigenvalue weighted by molar-refractivity contribution is 7.00. The fraction of sp³-hybridized carbons (Fsp3) is 0.133. The van der Waals surface area contributed by atoms with Gasteiger partial charge in [0.25, 0.3) is 6.71 Å². The van der Waals surface area contributed by atoms with E-state index < -0.39 is 0 Å². The molecular weight excluding hydrogens is 1120 g/mol. The van der Waals surface area contributed by atoms with Gasteiger partial charge in [-0.1, -0.05) is 317 Å². The standard InChI is InChI=1S/C90H77BN2/c1-88(2,3)72-44-28-42-66(50-72)68-46-48-81-79(56-68)91-80-57-69(67-43-29-45-73(51-67)89(4,5)6)47-49-82(80)93(87-77(64-38-24-14-25-39-64)54-71(61-32-18-11-19-33-61)55-78(87)65-40-26-15-27-41-65)84-59-74(90(7,8)9)58-83(85(84)91)92(81)86-75(62-34-20-12-21-35-62)52-70(60-30-16-10-17-31-60)53-76(86)63-36-22-13-23-37-63/h10-59H,1-9H3. The Morgan fingerprint density at radius 1 is 0.215 bits per heavy atom.